The van der Waals surface area contributed by atoms with E-state index in [-0.39, 0.29) is 5.56 Å². The largest absolute Gasteiger partial charge is 0.497 e. The monoisotopic (exact) mass is 385 g/mol. The Morgan fingerprint density at radius 2 is 1.66 bits per heavy atom. The molecule has 4 rings (SSSR count). The smallest absolute Gasteiger partial charge is 0.261 e. The first-order chi connectivity index (χ1) is 14.2. The van der Waals surface area contributed by atoms with Crippen LogP contribution in [-0.2, 0) is 13.0 Å². The minimum Gasteiger partial charge on any atom is -0.497 e. The summed E-state index contributed by atoms with van der Waals surface area (Å²) in [6, 6.07) is 25.3. The van der Waals surface area contributed by atoms with Crippen LogP contribution in [-0.4, -0.2) is 23.2 Å². The van der Waals surface area contributed by atoms with Crippen molar-refractivity contribution >= 4 is 16.6 Å². The van der Waals surface area contributed by atoms with Crippen molar-refractivity contribution in [2.45, 2.75) is 13.0 Å². The number of methoxy groups -OCH3 is 1. The zero-order valence-electron chi connectivity index (χ0n) is 16.3. The van der Waals surface area contributed by atoms with Crippen molar-refractivity contribution in [3.63, 3.8) is 0 Å². The lowest BCUT2D eigenvalue weighted by Gasteiger charge is -2.14. The molecule has 5 heteroatoms. The van der Waals surface area contributed by atoms with Gasteiger partial charge in [0.15, 0.2) is 0 Å². The Kier molecular flexibility index (Phi) is 5.56. The van der Waals surface area contributed by atoms with Gasteiger partial charge in [0.25, 0.3) is 5.56 Å². The van der Waals surface area contributed by atoms with Crippen LogP contribution in [0.25, 0.3) is 10.9 Å². The highest BCUT2D eigenvalue weighted by molar-refractivity contribution is 5.77. The normalized spacial score (nSPS) is 10.8. The lowest BCUT2D eigenvalue weighted by molar-refractivity contribution is 0.415. The maximum absolute atomic E-state index is 13.1. The Labute approximate surface area is 169 Å². The quantitative estimate of drug-likeness (QED) is 0.520. The molecule has 146 valence electrons. The summed E-state index contributed by atoms with van der Waals surface area (Å²) in [5.41, 5.74) is 2.82. The van der Waals surface area contributed by atoms with Crippen molar-refractivity contribution in [1.82, 2.24) is 9.55 Å². The van der Waals surface area contributed by atoms with Crippen LogP contribution in [0.2, 0.25) is 0 Å². The van der Waals surface area contributed by atoms with E-state index in [1.807, 2.05) is 78.9 Å². The highest BCUT2D eigenvalue weighted by atomic mass is 16.5. The van der Waals surface area contributed by atoms with E-state index in [1.54, 1.807) is 11.7 Å². The molecule has 0 saturated carbocycles. The summed E-state index contributed by atoms with van der Waals surface area (Å²) in [5.74, 6) is 1.60. The van der Waals surface area contributed by atoms with Crippen molar-refractivity contribution in [3.8, 4) is 5.75 Å². The molecular formula is C24H23N3O2. The van der Waals surface area contributed by atoms with Crippen LogP contribution in [0, 0.1) is 0 Å². The number of ether oxygens (including phenoxy) is 1. The van der Waals surface area contributed by atoms with Crippen LogP contribution in [0.1, 0.15) is 11.4 Å². The molecule has 0 unspecified atom stereocenters. The summed E-state index contributed by atoms with van der Waals surface area (Å²) in [6.45, 7) is 1.18. The highest BCUT2D eigenvalue weighted by Gasteiger charge is 2.11. The number of para-hydroxylation sites is 1. The van der Waals surface area contributed by atoms with E-state index < -0.39 is 0 Å². The van der Waals surface area contributed by atoms with Crippen molar-refractivity contribution in [1.29, 1.82) is 0 Å². The van der Waals surface area contributed by atoms with Gasteiger partial charge in [0.1, 0.15) is 11.6 Å². The van der Waals surface area contributed by atoms with Gasteiger partial charge in [-0.2, -0.15) is 0 Å². The number of fused-ring (bicyclic) bond motifs is 1. The molecule has 1 aromatic heterocycles. The number of benzene rings is 3. The molecular weight excluding hydrogens is 362 g/mol. The fraction of sp³-hybridized carbons (Fsp3) is 0.167. The fourth-order valence-electron chi connectivity index (χ4n) is 3.36. The van der Waals surface area contributed by atoms with Crippen molar-refractivity contribution in [3.05, 3.63) is 101 Å². The van der Waals surface area contributed by atoms with Crippen LogP contribution >= 0.6 is 0 Å². The van der Waals surface area contributed by atoms with Crippen LogP contribution in [0.15, 0.2) is 83.7 Å². The van der Waals surface area contributed by atoms with E-state index in [0.29, 0.717) is 24.9 Å². The molecule has 0 aliphatic heterocycles. The molecule has 0 spiro atoms. The van der Waals surface area contributed by atoms with E-state index >= 15 is 0 Å². The van der Waals surface area contributed by atoms with Crippen LogP contribution in [0.4, 0.5) is 5.69 Å². The van der Waals surface area contributed by atoms with Gasteiger partial charge in [0, 0.05) is 18.7 Å². The van der Waals surface area contributed by atoms with Gasteiger partial charge >= 0.3 is 0 Å². The van der Waals surface area contributed by atoms with Gasteiger partial charge < -0.3 is 10.1 Å². The van der Waals surface area contributed by atoms with Crippen LogP contribution in [0.5, 0.6) is 5.75 Å². The second-order valence-corrected chi connectivity index (χ2v) is 6.83. The first kappa shape index (κ1) is 18.7. The van der Waals surface area contributed by atoms with Crippen LogP contribution in [0.3, 0.4) is 0 Å². The molecule has 0 amide bonds. The number of hydrogen-bond acceptors (Lipinski definition) is 4. The van der Waals surface area contributed by atoms with Crippen LogP contribution < -0.4 is 15.6 Å². The van der Waals surface area contributed by atoms with Crippen molar-refractivity contribution in [2.75, 3.05) is 19.0 Å². The summed E-state index contributed by atoms with van der Waals surface area (Å²) in [5, 5.41) is 4.04. The number of rotatable bonds is 7. The lowest BCUT2D eigenvalue weighted by atomic mass is 10.2. The topological polar surface area (TPSA) is 56.1 Å². The molecule has 29 heavy (non-hydrogen) atoms. The molecule has 3 aromatic carbocycles. The average molecular weight is 385 g/mol. The number of anilines is 1. The summed E-state index contributed by atoms with van der Waals surface area (Å²) in [6.07, 6.45) is 0.638. The summed E-state index contributed by atoms with van der Waals surface area (Å²) >= 11 is 0. The standard InChI is InChI=1S/C24H23N3O2/c1-29-20-13-11-19(12-14-20)25-16-15-23-26-22-10-6-5-9-21(22)24(28)27(23)17-18-7-3-2-4-8-18/h2-14,25H,15-17H2,1H3. The Hall–Kier alpha value is -3.60. The Morgan fingerprint density at radius 3 is 2.41 bits per heavy atom. The van der Waals surface area contributed by atoms with E-state index in [4.69, 9.17) is 9.72 Å². The van der Waals surface area contributed by atoms with Gasteiger partial charge in [0.2, 0.25) is 0 Å². The molecule has 0 radical (unpaired) electrons. The molecule has 0 bridgehead atoms. The Balaban J connectivity index is 1.60. The second kappa shape index (κ2) is 8.61. The molecule has 1 N–H and O–H groups in total. The molecule has 0 aliphatic carbocycles. The van der Waals surface area contributed by atoms with E-state index in [1.165, 1.54) is 0 Å². The first-order valence-corrected chi connectivity index (χ1v) is 9.65. The molecule has 5 nitrogen and oxygen atoms in total. The minimum absolute atomic E-state index is 0.00102. The van der Waals surface area contributed by atoms with Gasteiger partial charge in [-0.15, -0.1) is 0 Å². The molecule has 0 aliphatic rings. The predicted octanol–water partition coefficient (Wildman–Crippen LogP) is 4.11. The highest BCUT2D eigenvalue weighted by Crippen LogP contribution is 2.15. The number of hydrogen-bond donors (Lipinski definition) is 1. The third-order valence-electron chi connectivity index (χ3n) is 4.89. The SMILES string of the molecule is COc1ccc(NCCc2nc3ccccc3c(=O)n2Cc2ccccc2)cc1. The minimum atomic E-state index is -0.00102. The van der Waals surface area contributed by atoms with E-state index in [2.05, 4.69) is 5.32 Å². The average Bonchev–Trinajstić information content (AvgIpc) is 2.77. The fourth-order valence-corrected chi connectivity index (χ4v) is 3.36. The third kappa shape index (κ3) is 4.29. The summed E-state index contributed by atoms with van der Waals surface area (Å²) < 4.78 is 6.98. The number of nitrogens with zero attached hydrogens (tertiary/aromatic N) is 2. The molecule has 4 aromatic rings. The maximum Gasteiger partial charge on any atom is 0.261 e. The summed E-state index contributed by atoms with van der Waals surface area (Å²) in [7, 11) is 1.65. The van der Waals surface area contributed by atoms with Gasteiger partial charge in [0.05, 0.1) is 24.6 Å². The zero-order chi connectivity index (χ0) is 20.1. The molecule has 0 fully saturated rings. The van der Waals surface area contributed by atoms with Gasteiger partial charge in [-0.25, -0.2) is 4.98 Å². The zero-order valence-corrected chi connectivity index (χ0v) is 16.3. The van der Waals surface area contributed by atoms with Crippen molar-refractivity contribution in [2.24, 2.45) is 0 Å². The molecule has 0 saturated heterocycles. The molecule has 1 heterocycles. The van der Waals surface area contributed by atoms with Crippen molar-refractivity contribution < 1.29 is 4.74 Å². The first-order valence-electron chi connectivity index (χ1n) is 9.65. The number of aromatic nitrogens is 2. The van der Waals surface area contributed by atoms with Gasteiger partial charge in [-0.05, 0) is 42.0 Å². The lowest BCUT2D eigenvalue weighted by Crippen LogP contribution is -2.27. The second-order valence-electron chi connectivity index (χ2n) is 6.83. The van der Waals surface area contributed by atoms with Gasteiger partial charge in [-0.1, -0.05) is 42.5 Å². The third-order valence-corrected chi connectivity index (χ3v) is 4.89. The van der Waals surface area contributed by atoms with E-state index in [9.17, 15) is 4.79 Å². The van der Waals surface area contributed by atoms with E-state index in [0.717, 1.165) is 28.3 Å². The Morgan fingerprint density at radius 1 is 0.931 bits per heavy atom. The van der Waals surface area contributed by atoms with Gasteiger partial charge in [-0.3, -0.25) is 9.36 Å². The molecule has 0 atom stereocenters. The summed E-state index contributed by atoms with van der Waals surface area (Å²) in [4.78, 5) is 17.9. The Bertz CT molecular complexity index is 1150. The predicted molar refractivity (Wildman–Crippen MR) is 117 cm³/mol. The number of nitrogens with one attached hydrogen (secondary N) is 1. The maximum atomic E-state index is 13.1.